The number of hydrogen-bond donors (Lipinski definition) is 1. The van der Waals surface area contributed by atoms with Crippen LogP contribution in [0, 0.1) is 23.2 Å². The number of nitrogens with zero attached hydrogens (tertiary/aromatic N) is 1. The molecule has 0 bridgehead atoms. The molecule has 0 aliphatic heterocycles. The maximum atomic E-state index is 12.2. The van der Waals surface area contributed by atoms with Crippen LogP contribution in [0.2, 0.25) is 0 Å². The normalized spacial score (nSPS) is 21.7. The van der Waals surface area contributed by atoms with E-state index >= 15 is 0 Å². The molecule has 4 nitrogen and oxygen atoms in total. The van der Waals surface area contributed by atoms with Crippen LogP contribution >= 0.6 is 0 Å². The fourth-order valence-electron chi connectivity index (χ4n) is 2.57. The lowest BCUT2D eigenvalue weighted by molar-refractivity contribution is -0.120. The van der Waals surface area contributed by atoms with Gasteiger partial charge in [-0.1, -0.05) is 25.5 Å². The number of para-hydroxylation sites is 2. The molecule has 0 heterocycles. The Morgan fingerprint density at radius 2 is 2.26 bits per heavy atom. The molecule has 2 unspecified atom stereocenters. The van der Waals surface area contributed by atoms with Crippen LogP contribution in [0.1, 0.15) is 26.2 Å². The third-order valence-corrected chi connectivity index (χ3v) is 3.64. The molecule has 0 saturated heterocycles. The molecule has 1 aromatic rings. The zero-order chi connectivity index (χ0) is 13.7. The van der Waals surface area contributed by atoms with Gasteiger partial charge in [0.25, 0.3) is 0 Å². The maximum Gasteiger partial charge on any atom is 0.227 e. The highest BCUT2D eigenvalue weighted by atomic mass is 16.5. The molecule has 1 saturated carbocycles. The monoisotopic (exact) mass is 258 g/mol. The van der Waals surface area contributed by atoms with Crippen molar-refractivity contribution >= 4 is 11.6 Å². The standard InChI is InChI=1S/C15H18N2O2/c1-11-5-4-6-12(11)15(18)17-13-7-2-3-8-14(13)19-10-9-16/h2-3,7-8,11-12H,4-6,10H2,1H3,(H,17,18). The summed E-state index contributed by atoms with van der Waals surface area (Å²) < 4.78 is 5.30. The molecule has 0 aromatic heterocycles. The topological polar surface area (TPSA) is 62.1 Å². The SMILES string of the molecule is CC1CCCC1C(=O)Nc1ccccc1OCC#N. The Morgan fingerprint density at radius 3 is 2.95 bits per heavy atom. The summed E-state index contributed by atoms with van der Waals surface area (Å²) >= 11 is 0. The van der Waals surface area contributed by atoms with E-state index in [-0.39, 0.29) is 18.4 Å². The molecule has 1 amide bonds. The van der Waals surface area contributed by atoms with Crippen LogP contribution in [-0.2, 0) is 4.79 Å². The predicted molar refractivity (Wildman–Crippen MR) is 72.7 cm³/mol. The number of ether oxygens (including phenoxy) is 1. The van der Waals surface area contributed by atoms with Gasteiger partial charge in [-0.3, -0.25) is 4.79 Å². The Kier molecular flexibility index (Phi) is 4.40. The van der Waals surface area contributed by atoms with E-state index in [4.69, 9.17) is 10.00 Å². The molecule has 0 spiro atoms. The van der Waals surface area contributed by atoms with E-state index < -0.39 is 0 Å². The average molecular weight is 258 g/mol. The zero-order valence-corrected chi connectivity index (χ0v) is 11.1. The lowest BCUT2D eigenvalue weighted by Crippen LogP contribution is -2.24. The Bertz CT molecular complexity index is 493. The number of rotatable bonds is 4. The number of anilines is 1. The minimum atomic E-state index is -0.0211. The predicted octanol–water partition coefficient (Wildman–Crippen LogP) is 2.96. The second-order valence-electron chi connectivity index (χ2n) is 4.95. The molecule has 2 rings (SSSR count). The quantitative estimate of drug-likeness (QED) is 0.903. The summed E-state index contributed by atoms with van der Waals surface area (Å²) in [6.07, 6.45) is 3.19. The van der Waals surface area contributed by atoms with E-state index in [0.717, 1.165) is 19.3 Å². The largest absolute Gasteiger partial charge is 0.477 e. The van der Waals surface area contributed by atoms with Gasteiger partial charge in [0.2, 0.25) is 5.91 Å². The minimum absolute atomic E-state index is 0.0211. The van der Waals surface area contributed by atoms with E-state index in [9.17, 15) is 4.79 Å². The van der Waals surface area contributed by atoms with E-state index in [0.29, 0.717) is 17.4 Å². The Labute approximate surface area is 113 Å². The summed E-state index contributed by atoms with van der Waals surface area (Å²) in [5, 5.41) is 11.5. The molecule has 1 N–H and O–H groups in total. The van der Waals surface area contributed by atoms with Crippen LogP contribution in [0.3, 0.4) is 0 Å². The molecule has 1 aliphatic rings. The van der Waals surface area contributed by atoms with E-state index in [1.54, 1.807) is 12.1 Å². The highest BCUT2D eigenvalue weighted by Gasteiger charge is 2.29. The summed E-state index contributed by atoms with van der Waals surface area (Å²) in [6.45, 7) is 2.10. The second kappa shape index (κ2) is 6.24. The smallest absolute Gasteiger partial charge is 0.227 e. The van der Waals surface area contributed by atoms with Gasteiger partial charge in [-0.25, -0.2) is 0 Å². The fraction of sp³-hybridized carbons (Fsp3) is 0.467. The number of carbonyl (C=O) groups excluding carboxylic acids is 1. The zero-order valence-electron chi connectivity index (χ0n) is 11.1. The van der Waals surface area contributed by atoms with Crippen molar-refractivity contribution in [1.82, 2.24) is 0 Å². The number of benzene rings is 1. The van der Waals surface area contributed by atoms with Crippen LogP contribution in [-0.4, -0.2) is 12.5 Å². The molecular weight excluding hydrogens is 240 g/mol. The second-order valence-corrected chi connectivity index (χ2v) is 4.95. The van der Waals surface area contributed by atoms with E-state index in [1.807, 2.05) is 18.2 Å². The molecule has 4 heteroatoms. The highest BCUT2D eigenvalue weighted by Crippen LogP contribution is 2.33. The van der Waals surface area contributed by atoms with Crippen molar-refractivity contribution in [2.45, 2.75) is 26.2 Å². The summed E-state index contributed by atoms with van der Waals surface area (Å²) in [4.78, 5) is 12.2. The van der Waals surface area contributed by atoms with Crippen molar-refractivity contribution in [2.24, 2.45) is 11.8 Å². The van der Waals surface area contributed by atoms with Crippen LogP contribution in [0.4, 0.5) is 5.69 Å². The third-order valence-electron chi connectivity index (χ3n) is 3.64. The first-order chi connectivity index (χ1) is 9.22. The minimum Gasteiger partial charge on any atom is -0.477 e. The number of nitrogens with one attached hydrogen (secondary N) is 1. The van der Waals surface area contributed by atoms with Crippen LogP contribution < -0.4 is 10.1 Å². The van der Waals surface area contributed by atoms with E-state index in [2.05, 4.69) is 12.2 Å². The summed E-state index contributed by atoms with van der Waals surface area (Å²) in [7, 11) is 0. The third kappa shape index (κ3) is 3.25. The number of nitriles is 1. The molecule has 1 aromatic carbocycles. The lowest BCUT2D eigenvalue weighted by Gasteiger charge is -2.16. The van der Waals surface area contributed by atoms with Gasteiger partial charge in [0.05, 0.1) is 5.69 Å². The number of carbonyl (C=O) groups is 1. The van der Waals surface area contributed by atoms with Gasteiger partial charge in [0, 0.05) is 5.92 Å². The Morgan fingerprint density at radius 1 is 1.47 bits per heavy atom. The van der Waals surface area contributed by atoms with Crippen molar-refractivity contribution in [1.29, 1.82) is 5.26 Å². The Balaban J connectivity index is 2.06. The number of amides is 1. The molecule has 2 atom stereocenters. The van der Waals surface area contributed by atoms with Crippen molar-refractivity contribution in [2.75, 3.05) is 11.9 Å². The number of hydrogen-bond acceptors (Lipinski definition) is 3. The first kappa shape index (κ1) is 13.4. The molecule has 1 aliphatic carbocycles. The first-order valence-electron chi connectivity index (χ1n) is 6.62. The summed E-state index contributed by atoms with van der Waals surface area (Å²) in [5.41, 5.74) is 0.641. The summed E-state index contributed by atoms with van der Waals surface area (Å²) in [5.74, 6) is 1.12. The first-order valence-corrected chi connectivity index (χ1v) is 6.62. The van der Waals surface area contributed by atoms with Crippen molar-refractivity contribution in [3.8, 4) is 11.8 Å². The molecule has 19 heavy (non-hydrogen) atoms. The lowest BCUT2D eigenvalue weighted by atomic mass is 9.97. The van der Waals surface area contributed by atoms with Crippen molar-refractivity contribution < 1.29 is 9.53 Å². The summed E-state index contributed by atoms with van der Waals surface area (Å²) in [6, 6.07) is 9.14. The van der Waals surface area contributed by atoms with Gasteiger partial charge >= 0.3 is 0 Å². The fourth-order valence-corrected chi connectivity index (χ4v) is 2.57. The molecule has 0 radical (unpaired) electrons. The van der Waals surface area contributed by atoms with Crippen LogP contribution in [0.25, 0.3) is 0 Å². The van der Waals surface area contributed by atoms with Crippen LogP contribution in [0.15, 0.2) is 24.3 Å². The van der Waals surface area contributed by atoms with Gasteiger partial charge in [0.15, 0.2) is 6.61 Å². The van der Waals surface area contributed by atoms with Gasteiger partial charge < -0.3 is 10.1 Å². The van der Waals surface area contributed by atoms with Crippen LogP contribution in [0.5, 0.6) is 5.75 Å². The Hall–Kier alpha value is -2.02. The van der Waals surface area contributed by atoms with Crippen molar-refractivity contribution in [3.63, 3.8) is 0 Å². The molecular formula is C15H18N2O2. The molecule has 1 fully saturated rings. The van der Waals surface area contributed by atoms with E-state index in [1.165, 1.54) is 0 Å². The van der Waals surface area contributed by atoms with Gasteiger partial charge in [-0.2, -0.15) is 5.26 Å². The van der Waals surface area contributed by atoms with Gasteiger partial charge in [0.1, 0.15) is 11.8 Å². The average Bonchev–Trinajstić information content (AvgIpc) is 2.84. The van der Waals surface area contributed by atoms with Gasteiger partial charge in [-0.05, 0) is 30.9 Å². The molecule has 100 valence electrons. The van der Waals surface area contributed by atoms with Gasteiger partial charge in [-0.15, -0.1) is 0 Å². The van der Waals surface area contributed by atoms with Crippen molar-refractivity contribution in [3.05, 3.63) is 24.3 Å². The maximum absolute atomic E-state index is 12.2. The highest BCUT2D eigenvalue weighted by molar-refractivity contribution is 5.94.